The zero-order valence-corrected chi connectivity index (χ0v) is 4.59. The highest BCUT2D eigenvalue weighted by atomic mass is 32.2. The van der Waals surface area contributed by atoms with Gasteiger partial charge in [0.25, 0.3) is 0 Å². The molecule has 1 aromatic heterocycles. The normalized spacial score (nSPS) is 9.29. The highest BCUT2D eigenvalue weighted by Gasteiger charge is 1.81. The van der Waals surface area contributed by atoms with Gasteiger partial charge in [-0.1, -0.05) is 0 Å². The molecule has 0 saturated heterocycles. The second-order valence-corrected chi connectivity index (χ2v) is 1.56. The van der Waals surface area contributed by atoms with Crippen molar-refractivity contribution in [2.45, 2.75) is 0 Å². The predicted octanol–water partition coefficient (Wildman–Crippen LogP) is -0.201. The van der Waals surface area contributed by atoms with E-state index in [1.165, 1.54) is 22.5 Å². The highest BCUT2D eigenvalue weighted by Crippen LogP contribution is 1.87. The van der Waals surface area contributed by atoms with Crippen LogP contribution in [0.25, 0.3) is 0 Å². The Balaban J connectivity index is 2.76. The van der Waals surface area contributed by atoms with Crippen molar-refractivity contribution in [2.75, 3.05) is 6.26 Å². The molecule has 1 heterocycles. The molecule has 0 spiro atoms. The van der Waals surface area contributed by atoms with Crippen molar-refractivity contribution in [1.82, 2.24) is 19.6 Å². The number of hydrogen-bond acceptors (Lipinski definition) is 4. The van der Waals surface area contributed by atoms with Gasteiger partial charge in [0.1, 0.15) is 0 Å². The van der Waals surface area contributed by atoms with E-state index in [2.05, 4.69) is 15.4 Å². The number of hydrogen-bond donors (Lipinski definition) is 0. The fourth-order valence-corrected chi connectivity index (χ4v) is 0.493. The Morgan fingerprint density at radius 3 is 2.86 bits per heavy atom. The van der Waals surface area contributed by atoms with E-state index < -0.39 is 0 Å². The molecule has 0 aliphatic heterocycles. The molecule has 0 atom stereocenters. The van der Waals surface area contributed by atoms with Gasteiger partial charge in [0.15, 0.2) is 6.33 Å². The van der Waals surface area contributed by atoms with Crippen molar-refractivity contribution in [2.24, 2.45) is 0 Å². The van der Waals surface area contributed by atoms with Gasteiger partial charge in [-0.25, -0.2) is 0 Å². The lowest BCUT2D eigenvalue weighted by atomic mass is 11.4. The van der Waals surface area contributed by atoms with Gasteiger partial charge in [-0.15, -0.1) is 14.4 Å². The molecule has 0 saturated carbocycles. The predicted molar refractivity (Wildman–Crippen MR) is 26.7 cm³/mol. The summed E-state index contributed by atoms with van der Waals surface area (Å²) in [6, 6.07) is 0. The van der Waals surface area contributed by atoms with Crippen molar-refractivity contribution in [3.63, 3.8) is 0 Å². The molecule has 4 nitrogen and oxygen atoms in total. The molecule has 0 N–H and O–H groups in total. The Labute approximate surface area is 45.0 Å². The number of aromatic nitrogens is 4. The summed E-state index contributed by atoms with van der Waals surface area (Å²) in [6.07, 6.45) is 3.28. The van der Waals surface area contributed by atoms with Crippen LogP contribution < -0.4 is 0 Å². The van der Waals surface area contributed by atoms with E-state index >= 15 is 0 Å². The lowest BCUT2D eigenvalue weighted by Crippen LogP contribution is -1.88. The van der Waals surface area contributed by atoms with Crippen molar-refractivity contribution in [3.05, 3.63) is 6.33 Å². The summed E-state index contributed by atoms with van der Waals surface area (Å²) in [5.74, 6) is 0. The van der Waals surface area contributed by atoms with E-state index in [4.69, 9.17) is 0 Å². The minimum Gasteiger partial charge on any atom is -0.129 e. The summed E-state index contributed by atoms with van der Waals surface area (Å²) in [7, 11) is 0. The maximum absolute atomic E-state index is 3.69. The first-order valence-corrected chi connectivity index (χ1v) is 2.89. The van der Waals surface area contributed by atoms with Gasteiger partial charge < -0.3 is 0 Å². The monoisotopic (exact) mass is 116 g/mol. The van der Waals surface area contributed by atoms with E-state index in [1.54, 1.807) is 0 Å². The third-order valence-corrected chi connectivity index (χ3v) is 0.987. The largest absolute Gasteiger partial charge is 0.163 e. The molecule has 1 aromatic rings. The summed E-state index contributed by atoms with van der Waals surface area (Å²) in [5.41, 5.74) is 0. The van der Waals surface area contributed by atoms with E-state index in [1.807, 2.05) is 6.26 Å². The van der Waals surface area contributed by atoms with E-state index in [0.717, 1.165) is 0 Å². The van der Waals surface area contributed by atoms with Crippen LogP contribution in [0.2, 0.25) is 0 Å². The molecule has 38 valence electrons. The maximum Gasteiger partial charge on any atom is 0.163 e. The second kappa shape index (κ2) is 1.92. The molecule has 1 rings (SSSR count). The molecule has 0 unspecified atom stereocenters. The van der Waals surface area contributed by atoms with Crippen LogP contribution in [0, 0.1) is 0 Å². The maximum atomic E-state index is 3.69. The van der Waals surface area contributed by atoms with Crippen LogP contribution in [0.3, 0.4) is 0 Å². The Morgan fingerprint density at radius 2 is 2.57 bits per heavy atom. The summed E-state index contributed by atoms with van der Waals surface area (Å²) in [6.45, 7) is 0. The molecule has 0 amide bonds. The summed E-state index contributed by atoms with van der Waals surface area (Å²) < 4.78 is 1.43. The lowest BCUT2D eigenvalue weighted by molar-refractivity contribution is 0.820. The molecule has 0 aromatic carbocycles. The van der Waals surface area contributed by atoms with Gasteiger partial charge in [0.05, 0.1) is 0 Å². The molecule has 0 radical (unpaired) electrons. The molecule has 0 aliphatic carbocycles. The topological polar surface area (TPSA) is 43.6 Å². The highest BCUT2D eigenvalue weighted by molar-refractivity contribution is 7.96. The summed E-state index contributed by atoms with van der Waals surface area (Å²) in [5, 5.41) is 10.7. The fourth-order valence-electron chi connectivity index (χ4n) is 0.241. The molecular weight excluding hydrogens is 112 g/mol. The van der Waals surface area contributed by atoms with Gasteiger partial charge in [0.2, 0.25) is 0 Å². The zero-order chi connectivity index (χ0) is 5.11. The second-order valence-electron chi connectivity index (χ2n) is 0.871. The average molecular weight is 116 g/mol. The standard InChI is InChI=1S/C2H4N4S/c1-7-6-4-2-3-5-6/h2H,1H3. The fraction of sp³-hybridized carbons (Fsp3) is 0.500. The van der Waals surface area contributed by atoms with Gasteiger partial charge in [-0.05, 0) is 17.2 Å². The quantitative estimate of drug-likeness (QED) is 0.509. The first kappa shape index (κ1) is 4.58. The third-order valence-electron chi connectivity index (χ3n) is 0.494. The van der Waals surface area contributed by atoms with Gasteiger partial charge in [-0.3, -0.25) is 0 Å². The SMILES string of the molecule is CSn1ncnn1. The molecule has 0 fully saturated rings. The van der Waals surface area contributed by atoms with Crippen LogP contribution in [0.15, 0.2) is 6.33 Å². The number of tetrazole rings is 1. The summed E-state index contributed by atoms with van der Waals surface area (Å²) in [4.78, 5) is 0. The Morgan fingerprint density at radius 1 is 1.71 bits per heavy atom. The average Bonchev–Trinajstić information content (AvgIpc) is 2.14. The molecule has 5 heteroatoms. The van der Waals surface area contributed by atoms with Crippen LogP contribution >= 0.6 is 11.9 Å². The zero-order valence-electron chi connectivity index (χ0n) is 3.77. The van der Waals surface area contributed by atoms with E-state index in [-0.39, 0.29) is 0 Å². The Hall–Kier alpha value is -0.580. The van der Waals surface area contributed by atoms with Crippen LogP contribution in [0.1, 0.15) is 0 Å². The minimum absolute atomic E-state index is 1.40. The van der Waals surface area contributed by atoms with E-state index in [9.17, 15) is 0 Å². The third kappa shape index (κ3) is 0.894. The molecule has 7 heavy (non-hydrogen) atoms. The summed E-state index contributed by atoms with van der Waals surface area (Å²) >= 11 is 1.41. The van der Waals surface area contributed by atoms with E-state index in [0.29, 0.717) is 0 Å². The van der Waals surface area contributed by atoms with Crippen molar-refractivity contribution >= 4 is 11.9 Å². The Kier molecular flexibility index (Phi) is 1.26. The van der Waals surface area contributed by atoms with Gasteiger partial charge in [-0.2, -0.15) is 0 Å². The van der Waals surface area contributed by atoms with Crippen molar-refractivity contribution in [3.8, 4) is 0 Å². The number of rotatable bonds is 1. The van der Waals surface area contributed by atoms with Crippen LogP contribution in [0.5, 0.6) is 0 Å². The van der Waals surface area contributed by atoms with Crippen molar-refractivity contribution < 1.29 is 0 Å². The van der Waals surface area contributed by atoms with Crippen LogP contribution in [0.4, 0.5) is 0 Å². The first-order chi connectivity index (χ1) is 3.43. The first-order valence-electron chi connectivity index (χ1n) is 1.71. The van der Waals surface area contributed by atoms with Crippen LogP contribution in [-0.4, -0.2) is 25.9 Å². The van der Waals surface area contributed by atoms with Gasteiger partial charge >= 0.3 is 0 Å². The Bertz CT molecular complexity index is 124. The van der Waals surface area contributed by atoms with Crippen LogP contribution in [-0.2, 0) is 0 Å². The number of nitrogens with zero attached hydrogens (tertiary/aromatic N) is 4. The molecular formula is C2H4N4S. The van der Waals surface area contributed by atoms with Gasteiger partial charge in [0, 0.05) is 6.26 Å². The molecule has 0 aliphatic rings. The smallest absolute Gasteiger partial charge is 0.129 e. The van der Waals surface area contributed by atoms with Crippen molar-refractivity contribution in [1.29, 1.82) is 0 Å². The lowest BCUT2D eigenvalue weighted by Gasteiger charge is -1.81. The molecule has 0 bridgehead atoms. The minimum atomic E-state index is 1.40.